The molecule has 10 heteroatoms. The van der Waals surface area contributed by atoms with Crippen molar-refractivity contribution >= 4 is 29.2 Å². The van der Waals surface area contributed by atoms with E-state index in [1.54, 1.807) is 0 Å². The maximum Gasteiger partial charge on any atom is 0.416 e. The predicted molar refractivity (Wildman–Crippen MR) is 91.0 cm³/mol. The molecule has 28 heavy (non-hydrogen) atoms. The molecule has 1 saturated heterocycles. The summed E-state index contributed by atoms with van der Waals surface area (Å²) < 4.78 is 38.4. The molecule has 1 aliphatic heterocycles. The predicted octanol–water partition coefficient (Wildman–Crippen LogP) is 2.85. The van der Waals surface area contributed by atoms with E-state index in [1.165, 1.54) is 18.2 Å². The molecule has 0 bridgehead atoms. The number of aromatic hydroxyl groups is 1. The van der Waals surface area contributed by atoms with Crippen LogP contribution >= 0.6 is 0 Å². The lowest BCUT2D eigenvalue weighted by Gasteiger charge is -2.17. The highest BCUT2D eigenvalue weighted by molar-refractivity contribution is 6.23. The second-order valence-electron chi connectivity index (χ2n) is 6.05. The summed E-state index contributed by atoms with van der Waals surface area (Å²) in [4.78, 5) is 36.5. The van der Waals surface area contributed by atoms with Crippen LogP contribution in [0.3, 0.4) is 0 Å². The first kappa shape index (κ1) is 19.2. The number of carbonyl (C=O) groups is 3. The molecule has 7 nitrogen and oxygen atoms in total. The minimum absolute atomic E-state index is 0.0203. The number of hydrogen-bond donors (Lipinski definition) is 3. The lowest BCUT2D eigenvalue weighted by molar-refractivity contribution is -0.137. The van der Waals surface area contributed by atoms with E-state index in [0.717, 1.165) is 29.2 Å². The number of phenols is 1. The van der Waals surface area contributed by atoms with Crippen LogP contribution in [0.25, 0.3) is 0 Å². The minimum Gasteiger partial charge on any atom is -0.507 e. The van der Waals surface area contributed by atoms with Gasteiger partial charge in [-0.05, 0) is 30.3 Å². The molecule has 3 rings (SSSR count). The third-order valence-corrected chi connectivity index (χ3v) is 4.15. The van der Waals surface area contributed by atoms with Crippen LogP contribution in [0.5, 0.6) is 5.75 Å². The number of benzene rings is 2. The molecule has 2 aromatic carbocycles. The van der Waals surface area contributed by atoms with E-state index in [2.05, 4.69) is 5.32 Å². The summed E-state index contributed by atoms with van der Waals surface area (Å²) in [5.41, 5.74) is -1.32. The third kappa shape index (κ3) is 3.61. The lowest BCUT2D eigenvalue weighted by Crippen LogP contribution is -2.34. The molecule has 0 saturated carbocycles. The van der Waals surface area contributed by atoms with Crippen molar-refractivity contribution in [1.82, 2.24) is 0 Å². The van der Waals surface area contributed by atoms with Crippen molar-refractivity contribution in [2.24, 2.45) is 0 Å². The van der Waals surface area contributed by atoms with Gasteiger partial charge in [0.2, 0.25) is 5.91 Å². The summed E-state index contributed by atoms with van der Waals surface area (Å²) in [5, 5.41) is 21.3. The topological polar surface area (TPSA) is 107 Å². The number of nitrogens with zero attached hydrogens (tertiary/aromatic N) is 1. The molecule has 1 atom stereocenters. The Morgan fingerprint density at radius 2 is 1.86 bits per heavy atom. The Hall–Kier alpha value is -3.56. The van der Waals surface area contributed by atoms with Crippen LogP contribution in [0.4, 0.5) is 24.5 Å². The van der Waals surface area contributed by atoms with Gasteiger partial charge >= 0.3 is 12.1 Å². The van der Waals surface area contributed by atoms with Crippen LogP contribution in [0, 0.1) is 0 Å². The van der Waals surface area contributed by atoms with Crippen molar-refractivity contribution < 1.29 is 37.8 Å². The highest BCUT2D eigenvalue weighted by atomic mass is 19.4. The van der Waals surface area contributed by atoms with Crippen LogP contribution in [0.2, 0.25) is 0 Å². The summed E-state index contributed by atoms with van der Waals surface area (Å²) in [5.74, 6) is -3.38. The summed E-state index contributed by atoms with van der Waals surface area (Å²) in [6, 6.07) is 6.31. The number of hydrogen-bond acceptors (Lipinski definition) is 5. The average molecular weight is 394 g/mol. The Morgan fingerprint density at radius 3 is 2.46 bits per heavy atom. The number of carboxylic acid groups (broad SMARTS) is 1. The maximum absolute atomic E-state index is 12.8. The van der Waals surface area contributed by atoms with Gasteiger partial charge < -0.3 is 15.5 Å². The lowest BCUT2D eigenvalue weighted by atomic mass is 10.1. The van der Waals surface area contributed by atoms with E-state index in [9.17, 15) is 32.7 Å². The molecule has 2 aromatic rings. The molecule has 146 valence electrons. The van der Waals surface area contributed by atoms with Gasteiger partial charge in [0, 0.05) is 11.8 Å². The summed E-state index contributed by atoms with van der Waals surface area (Å²) >= 11 is 0. The van der Waals surface area contributed by atoms with E-state index in [4.69, 9.17) is 5.11 Å². The number of imide groups is 1. The molecular formula is C18H13F3N2O5. The fourth-order valence-corrected chi connectivity index (χ4v) is 2.84. The van der Waals surface area contributed by atoms with Crippen LogP contribution in [0.1, 0.15) is 22.3 Å². The van der Waals surface area contributed by atoms with E-state index >= 15 is 0 Å². The zero-order chi connectivity index (χ0) is 20.6. The summed E-state index contributed by atoms with van der Waals surface area (Å²) in [6.45, 7) is 0. The number of aromatic carboxylic acids is 1. The van der Waals surface area contributed by atoms with Gasteiger partial charge in [-0.2, -0.15) is 13.2 Å². The summed E-state index contributed by atoms with van der Waals surface area (Å²) in [7, 11) is 0. The number of carbonyl (C=O) groups excluding carboxylic acids is 2. The number of alkyl halides is 3. The quantitative estimate of drug-likeness (QED) is 0.689. The van der Waals surface area contributed by atoms with Crippen molar-refractivity contribution in [1.29, 1.82) is 0 Å². The molecule has 1 heterocycles. The van der Waals surface area contributed by atoms with E-state index in [-0.39, 0.29) is 17.8 Å². The molecule has 1 fully saturated rings. The molecule has 2 amide bonds. The first-order valence-corrected chi connectivity index (χ1v) is 7.95. The Kier molecular flexibility index (Phi) is 4.72. The zero-order valence-electron chi connectivity index (χ0n) is 14.0. The Morgan fingerprint density at radius 1 is 1.14 bits per heavy atom. The molecule has 0 aromatic heterocycles. The van der Waals surface area contributed by atoms with Crippen molar-refractivity contribution in [2.75, 3.05) is 10.2 Å². The largest absolute Gasteiger partial charge is 0.507 e. The second kappa shape index (κ2) is 6.87. The fourth-order valence-electron chi connectivity index (χ4n) is 2.84. The van der Waals surface area contributed by atoms with Gasteiger partial charge in [0.15, 0.2) is 0 Å². The van der Waals surface area contributed by atoms with Crippen LogP contribution in [-0.4, -0.2) is 34.0 Å². The van der Waals surface area contributed by atoms with Crippen molar-refractivity contribution in [3.63, 3.8) is 0 Å². The average Bonchev–Trinajstić information content (AvgIpc) is 2.87. The second-order valence-corrected chi connectivity index (χ2v) is 6.05. The molecule has 0 spiro atoms. The Bertz CT molecular complexity index is 974. The van der Waals surface area contributed by atoms with Crippen LogP contribution in [-0.2, 0) is 15.8 Å². The Balaban J connectivity index is 1.83. The first-order valence-electron chi connectivity index (χ1n) is 7.95. The van der Waals surface area contributed by atoms with Gasteiger partial charge in [0.05, 0.1) is 17.7 Å². The SMILES string of the molecule is O=C(O)c1ccc(N2C(=O)CC(Nc3cccc(C(F)(F)F)c3)C2=O)cc1O. The highest BCUT2D eigenvalue weighted by Crippen LogP contribution is 2.32. The minimum atomic E-state index is -4.55. The van der Waals surface area contributed by atoms with Gasteiger partial charge in [-0.15, -0.1) is 0 Å². The Labute approximate surface area is 156 Å². The van der Waals surface area contributed by atoms with Crippen molar-refractivity contribution in [2.45, 2.75) is 18.6 Å². The van der Waals surface area contributed by atoms with Crippen molar-refractivity contribution in [3.05, 3.63) is 53.6 Å². The molecular weight excluding hydrogens is 381 g/mol. The molecule has 1 aliphatic rings. The molecule has 3 N–H and O–H groups in total. The normalized spacial score (nSPS) is 17.1. The number of amides is 2. The van der Waals surface area contributed by atoms with E-state index < -0.39 is 46.9 Å². The van der Waals surface area contributed by atoms with Gasteiger partial charge in [-0.3, -0.25) is 9.59 Å². The third-order valence-electron chi connectivity index (χ3n) is 4.15. The van der Waals surface area contributed by atoms with Gasteiger partial charge in [-0.25, -0.2) is 9.69 Å². The number of nitrogens with one attached hydrogen (secondary N) is 1. The number of anilines is 2. The molecule has 0 aliphatic carbocycles. The van der Waals surface area contributed by atoms with E-state index in [0.29, 0.717) is 0 Å². The monoisotopic (exact) mass is 394 g/mol. The zero-order valence-corrected chi connectivity index (χ0v) is 14.0. The van der Waals surface area contributed by atoms with Gasteiger partial charge in [0.1, 0.15) is 17.4 Å². The maximum atomic E-state index is 12.8. The molecule has 0 radical (unpaired) electrons. The van der Waals surface area contributed by atoms with Gasteiger partial charge in [-0.1, -0.05) is 6.07 Å². The van der Waals surface area contributed by atoms with Crippen molar-refractivity contribution in [3.8, 4) is 5.75 Å². The first-order chi connectivity index (χ1) is 13.1. The summed E-state index contributed by atoms with van der Waals surface area (Å²) in [6.07, 6.45) is -4.86. The number of carboxylic acids is 1. The standard InChI is InChI=1S/C18H13F3N2O5/c19-18(20,21)9-2-1-3-10(6-9)22-13-8-15(25)23(16(13)26)11-4-5-12(17(27)28)14(24)7-11/h1-7,13,22,24H,8H2,(H,27,28). The van der Waals surface area contributed by atoms with Crippen LogP contribution in [0.15, 0.2) is 42.5 Å². The smallest absolute Gasteiger partial charge is 0.416 e. The highest BCUT2D eigenvalue weighted by Gasteiger charge is 2.40. The van der Waals surface area contributed by atoms with Gasteiger partial charge in [0.25, 0.3) is 5.91 Å². The fraction of sp³-hybridized carbons (Fsp3) is 0.167. The van der Waals surface area contributed by atoms with E-state index in [1.807, 2.05) is 0 Å². The number of halogens is 3. The molecule has 1 unspecified atom stereocenters. The number of rotatable bonds is 4. The van der Waals surface area contributed by atoms with Crippen LogP contribution < -0.4 is 10.2 Å².